The van der Waals surface area contributed by atoms with E-state index < -0.39 is 12.1 Å². The third kappa shape index (κ3) is 3.87. The van der Waals surface area contributed by atoms with Crippen molar-refractivity contribution < 1.29 is 23.8 Å². The van der Waals surface area contributed by atoms with E-state index in [1.165, 1.54) is 4.90 Å². The van der Waals surface area contributed by atoms with Gasteiger partial charge in [0.05, 0.1) is 6.54 Å². The lowest BCUT2D eigenvalue weighted by Gasteiger charge is -2.21. The van der Waals surface area contributed by atoms with Crippen molar-refractivity contribution in [2.24, 2.45) is 0 Å². The van der Waals surface area contributed by atoms with Gasteiger partial charge in [0, 0.05) is 11.4 Å². The van der Waals surface area contributed by atoms with Crippen molar-refractivity contribution >= 4 is 23.8 Å². The zero-order valence-corrected chi connectivity index (χ0v) is 16.2. The van der Waals surface area contributed by atoms with E-state index in [-0.39, 0.29) is 19.3 Å². The first-order valence-corrected chi connectivity index (χ1v) is 10.1. The molecular formula is C20H20N2O5S. The Morgan fingerprint density at radius 1 is 1.11 bits per heavy atom. The van der Waals surface area contributed by atoms with Crippen LogP contribution in [0.3, 0.4) is 0 Å². The molecule has 1 saturated heterocycles. The van der Waals surface area contributed by atoms with E-state index in [9.17, 15) is 9.59 Å². The molecule has 2 aliphatic rings. The molecule has 0 spiro atoms. The van der Waals surface area contributed by atoms with Crippen LogP contribution in [0.25, 0.3) is 0 Å². The number of rotatable bonds is 6. The van der Waals surface area contributed by atoms with Crippen LogP contribution in [-0.2, 0) is 22.6 Å². The Labute approximate surface area is 166 Å². The fourth-order valence-corrected chi connectivity index (χ4v) is 3.54. The standard InChI is InChI=1S/C20H20N2O5S/c1-28-15-5-2-13(3-6-15)10-22-16(11-25-20(22)24)19(23)21-9-14-4-7-17-18(8-14)27-12-26-17/h2-8,16H,9-12H2,1H3,(H,21,23)/t16-/m0/s1. The molecule has 146 valence electrons. The second-order valence-electron chi connectivity index (χ2n) is 6.47. The van der Waals surface area contributed by atoms with Crippen molar-refractivity contribution in [3.8, 4) is 11.5 Å². The molecule has 2 amide bonds. The largest absolute Gasteiger partial charge is 0.454 e. The Kier molecular flexibility index (Phi) is 5.29. The number of ether oxygens (including phenoxy) is 3. The van der Waals surface area contributed by atoms with Gasteiger partial charge in [-0.15, -0.1) is 11.8 Å². The van der Waals surface area contributed by atoms with Crippen LogP contribution in [0.5, 0.6) is 11.5 Å². The van der Waals surface area contributed by atoms with Crippen LogP contribution in [0.15, 0.2) is 47.4 Å². The summed E-state index contributed by atoms with van der Waals surface area (Å²) in [6.07, 6.45) is 1.53. The maximum atomic E-state index is 12.7. The third-order valence-electron chi connectivity index (χ3n) is 4.69. The maximum absolute atomic E-state index is 12.7. The maximum Gasteiger partial charge on any atom is 0.410 e. The highest BCUT2D eigenvalue weighted by molar-refractivity contribution is 7.98. The molecule has 0 aromatic heterocycles. The smallest absolute Gasteiger partial charge is 0.410 e. The summed E-state index contributed by atoms with van der Waals surface area (Å²) in [5, 5.41) is 2.87. The lowest BCUT2D eigenvalue weighted by Crippen LogP contribution is -2.45. The topological polar surface area (TPSA) is 77.1 Å². The number of nitrogens with one attached hydrogen (secondary N) is 1. The Bertz CT molecular complexity index is 887. The van der Waals surface area contributed by atoms with Gasteiger partial charge < -0.3 is 19.5 Å². The molecule has 2 aromatic rings. The van der Waals surface area contributed by atoms with Gasteiger partial charge >= 0.3 is 6.09 Å². The van der Waals surface area contributed by atoms with Crippen LogP contribution >= 0.6 is 11.8 Å². The summed E-state index contributed by atoms with van der Waals surface area (Å²) in [5.74, 6) is 1.12. The monoisotopic (exact) mass is 400 g/mol. The molecule has 2 aliphatic heterocycles. The highest BCUT2D eigenvalue weighted by Gasteiger charge is 2.37. The normalized spacial score (nSPS) is 17.5. The van der Waals surface area contributed by atoms with Gasteiger partial charge in [0.15, 0.2) is 11.5 Å². The molecule has 4 rings (SSSR count). The molecule has 1 atom stereocenters. The van der Waals surface area contributed by atoms with E-state index in [1.807, 2.05) is 48.7 Å². The van der Waals surface area contributed by atoms with Crippen LogP contribution < -0.4 is 14.8 Å². The SMILES string of the molecule is CSc1ccc(CN2C(=O)OC[C@H]2C(=O)NCc2ccc3c(c2)OCO3)cc1. The summed E-state index contributed by atoms with van der Waals surface area (Å²) in [6.45, 7) is 0.917. The number of carbonyl (C=O) groups is 2. The van der Waals surface area contributed by atoms with Crippen LogP contribution in [0, 0.1) is 0 Å². The van der Waals surface area contributed by atoms with Crippen molar-refractivity contribution in [3.05, 3.63) is 53.6 Å². The first-order chi connectivity index (χ1) is 13.6. The molecule has 1 N–H and O–H groups in total. The number of thioether (sulfide) groups is 1. The molecule has 0 bridgehead atoms. The van der Waals surface area contributed by atoms with Crippen molar-refractivity contribution in [3.63, 3.8) is 0 Å². The van der Waals surface area contributed by atoms with Crippen molar-refractivity contribution in [1.29, 1.82) is 0 Å². The fourth-order valence-electron chi connectivity index (χ4n) is 3.13. The first kappa shape index (κ1) is 18.5. The van der Waals surface area contributed by atoms with Crippen molar-refractivity contribution in [2.75, 3.05) is 19.7 Å². The number of nitrogens with zero attached hydrogens (tertiary/aromatic N) is 1. The average Bonchev–Trinajstić information content (AvgIpc) is 3.33. The van der Waals surface area contributed by atoms with E-state index in [1.54, 1.807) is 11.8 Å². The van der Waals surface area contributed by atoms with E-state index in [0.29, 0.717) is 24.6 Å². The Balaban J connectivity index is 1.38. The van der Waals surface area contributed by atoms with E-state index in [2.05, 4.69) is 5.32 Å². The van der Waals surface area contributed by atoms with Gasteiger partial charge in [-0.1, -0.05) is 18.2 Å². The zero-order chi connectivity index (χ0) is 19.5. The predicted molar refractivity (Wildman–Crippen MR) is 103 cm³/mol. The Morgan fingerprint density at radius 3 is 2.64 bits per heavy atom. The highest BCUT2D eigenvalue weighted by Crippen LogP contribution is 2.32. The molecule has 0 saturated carbocycles. The molecule has 2 heterocycles. The predicted octanol–water partition coefficient (Wildman–Crippen LogP) is 2.77. The number of amides is 2. The lowest BCUT2D eigenvalue weighted by atomic mass is 10.1. The van der Waals surface area contributed by atoms with Gasteiger partial charge in [0.2, 0.25) is 12.7 Å². The van der Waals surface area contributed by atoms with Crippen molar-refractivity contribution in [1.82, 2.24) is 10.2 Å². The number of fused-ring (bicyclic) bond motifs is 1. The Hall–Kier alpha value is -2.87. The van der Waals surface area contributed by atoms with Gasteiger partial charge in [-0.3, -0.25) is 9.69 Å². The fraction of sp³-hybridized carbons (Fsp3) is 0.300. The number of hydrogen-bond donors (Lipinski definition) is 1. The van der Waals surface area contributed by atoms with Crippen molar-refractivity contribution in [2.45, 2.75) is 24.0 Å². The average molecular weight is 400 g/mol. The minimum absolute atomic E-state index is 0.0503. The highest BCUT2D eigenvalue weighted by atomic mass is 32.2. The second-order valence-corrected chi connectivity index (χ2v) is 7.35. The number of cyclic esters (lactones) is 1. The van der Waals surface area contributed by atoms with Gasteiger partial charge in [0.25, 0.3) is 0 Å². The van der Waals surface area contributed by atoms with Gasteiger partial charge in [-0.25, -0.2) is 4.79 Å². The summed E-state index contributed by atoms with van der Waals surface area (Å²) in [6, 6.07) is 12.8. The van der Waals surface area contributed by atoms with Gasteiger partial charge in [-0.2, -0.15) is 0 Å². The molecule has 7 nitrogen and oxygen atoms in total. The molecule has 0 aliphatic carbocycles. The van der Waals surface area contributed by atoms with Crippen LogP contribution in [-0.4, -0.2) is 42.6 Å². The summed E-state index contributed by atoms with van der Waals surface area (Å²) in [7, 11) is 0. The summed E-state index contributed by atoms with van der Waals surface area (Å²) >= 11 is 1.65. The number of benzene rings is 2. The molecular weight excluding hydrogens is 380 g/mol. The van der Waals surface area contributed by atoms with E-state index >= 15 is 0 Å². The minimum Gasteiger partial charge on any atom is -0.454 e. The summed E-state index contributed by atoms with van der Waals surface area (Å²) in [4.78, 5) is 27.4. The minimum atomic E-state index is -0.651. The summed E-state index contributed by atoms with van der Waals surface area (Å²) in [5.41, 5.74) is 1.84. The molecule has 1 fully saturated rings. The van der Waals surface area contributed by atoms with Gasteiger partial charge in [0.1, 0.15) is 12.6 Å². The number of hydrogen-bond acceptors (Lipinski definition) is 6. The van der Waals surface area contributed by atoms with Gasteiger partial charge in [-0.05, 0) is 41.6 Å². The third-order valence-corrected chi connectivity index (χ3v) is 5.44. The second kappa shape index (κ2) is 8.02. The quantitative estimate of drug-likeness (QED) is 0.752. The Morgan fingerprint density at radius 2 is 1.86 bits per heavy atom. The van der Waals surface area contributed by atoms with Crippen LogP contribution in [0.2, 0.25) is 0 Å². The number of carbonyl (C=O) groups excluding carboxylic acids is 2. The van der Waals surface area contributed by atoms with Crippen LogP contribution in [0.4, 0.5) is 4.79 Å². The molecule has 0 unspecified atom stereocenters. The first-order valence-electron chi connectivity index (χ1n) is 8.86. The molecule has 2 aromatic carbocycles. The lowest BCUT2D eigenvalue weighted by molar-refractivity contribution is -0.125. The van der Waals surface area contributed by atoms with E-state index in [4.69, 9.17) is 14.2 Å². The molecule has 28 heavy (non-hydrogen) atoms. The van der Waals surface area contributed by atoms with E-state index in [0.717, 1.165) is 16.0 Å². The summed E-state index contributed by atoms with van der Waals surface area (Å²) < 4.78 is 15.8. The zero-order valence-electron chi connectivity index (χ0n) is 15.3. The van der Waals surface area contributed by atoms with Crippen LogP contribution in [0.1, 0.15) is 11.1 Å². The molecule has 0 radical (unpaired) electrons. The molecule has 8 heteroatoms.